The lowest BCUT2D eigenvalue weighted by molar-refractivity contribution is 0.209. The van der Waals surface area contributed by atoms with Crippen LogP contribution in [-0.2, 0) is 17.2 Å². The van der Waals surface area contributed by atoms with Crippen LogP contribution in [0, 0.1) is 20.8 Å². The van der Waals surface area contributed by atoms with E-state index in [1.165, 1.54) is 0 Å². The molecule has 0 saturated carbocycles. The quantitative estimate of drug-likeness (QED) is 0.861. The second-order valence-corrected chi connectivity index (χ2v) is 7.96. The predicted octanol–water partition coefficient (Wildman–Crippen LogP) is 3.65. The molecule has 3 nitrogen and oxygen atoms in total. The van der Waals surface area contributed by atoms with E-state index in [-0.39, 0.29) is 0 Å². The van der Waals surface area contributed by atoms with Crippen LogP contribution in [0.5, 0.6) is 5.75 Å². The molecule has 2 aromatic carbocycles. The van der Waals surface area contributed by atoms with Gasteiger partial charge in [0.15, 0.2) is 4.93 Å². The molecule has 0 bridgehead atoms. The molecule has 0 amide bonds. The van der Waals surface area contributed by atoms with E-state index in [1.54, 1.807) is 0 Å². The summed E-state index contributed by atoms with van der Waals surface area (Å²) in [5, 5.41) is 0. The molecule has 0 aliphatic carbocycles. The highest BCUT2D eigenvalue weighted by Crippen LogP contribution is 2.45. The molecule has 2 unspecified atom stereocenters. The number of ether oxygens (including phenoxy) is 1. The topological polar surface area (TPSA) is 52.3 Å². The third-order valence-electron chi connectivity index (χ3n) is 4.60. The van der Waals surface area contributed by atoms with Gasteiger partial charge in [0.2, 0.25) is 0 Å². The van der Waals surface area contributed by atoms with Gasteiger partial charge in [0.05, 0.1) is 10.8 Å². The summed E-state index contributed by atoms with van der Waals surface area (Å²) in [4.78, 5) is 0.0391. The molecule has 0 fully saturated rings. The molecule has 0 saturated heterocycles. The zero-order valence-electron chi connectivity index (χ0n) is 13.4. The Morgan fingerprint density at radius 1 is 1.09 bits per heavy atom. The van der Waals surface area contributed by atoms with Crippen LogP contribution in [0.1, 0.15) is 29.2 Å². The number of hydrogen-bond donors (Lipinski definition) is 1. The van der Waals surface area contributed by atoms with Gasteiger partial charge in [-0.2, -0.15) is 0 Å². The van der Waals surface area contributed by atoms with Crippen molar-refractivity contribution < 1.29 is 8.95 Å². The smallest absolute Gasteiger partial charge is 0.188 e. The summed E-state index contributed by atoms with van der Waals surface area (Å²) in [6.07, 6.45) is 0.612. The van der Waals surface area contributed by atoms with Crippen LogP contribution in [0.2, 0.25) is 0 Å². The third kappa shape index (κ3) is 2.13. The van der Waals surface area contributed by atoms with Crippen molar-refractivity contribution in [3.05, 3.63) is 52.6 Å². The van der Waals surface area contributed by atoms with Crippen molar-refractivity contribution in [1.29, 1.82) is 0 Å². The first-order valence-electron chi connectivity index (χ1n) is 7.39. The first-order valence-corrected chi connectivity index (χ1v) is 8.54. The van der Waals surface area contributed by atoms with Crippen LogP contribution in [-0.4, -0.2) is 9.14 Å². The number of anilines is 1. The predicted molar refractivity (Wildman–Crippen MR) is 90.7 cm³/mol. The Morgan fingerprint density at radius 2 is 1.73 bits per heavy atom. The highest BCUT2D eigenvalue weighted by Gasteiger charge is 2.43. The lowest BCUT2D eigenvalue weighted by Gasteiger charge is -2.23. The molecule has 3 rings (SSSR count). The second-order valence-electron chi connectivity index (χ2n) is 6.09. The van der Waals surface area contributed by atoms with Gasteiger partial charge >= 0.3 is 0 Å². The molecule has 4 heteroatoms. The lowest BCUT2D eigenvalue weighted by atomic mass is 9.95. The average Bonchev–Trinajstić information content (AvgIpc) is 2.90. The van der Waals surface area contributed by atoms with Gasteiger partial charge in [-0.3, -0.25) is 4.21 Å². The van der Waals surface area contributed by atoms with Gasteiger partial charge in [-0.15, -0.1) is 0 Å². The molecule has 2 N–H and O–H groups in total. The Hall–Kier alpha value is -1.81. The van der Waals surface area contributed by atoms with Gasteiger partial charge < -0.3 is 10.5 Å². The van der Waals surface area contributed by atoms with Gasteiger partial charge in [-0.25, -0.2) is 0 Å². The molecule has 2 atom stereocenters. The molecule has 116 valence electrons. The summed E-state index contributed by atoms with van der Waals surface area (Å²) < 4.78 is 19.2. The molecule has 22 heavy (non-hydrogen) atoms. The number of hydrogen-bond acceptors (Lipinski definition) is 3. The zero-order chi connectivity index (χ0) is 16.1. The van der Waals surface area contributed by atoms with Crippen molar-refractivity contribution in [2.75, 3.05) is 5.73 Å². The highest BCUT2D eigenvalue weighted by atomic mass is 32.2. The minimum Gasteiger partial charge on any atom is -0.473 e. The molecule has 0 aromatic heterocycles. The standard InChI is InChI=1S/C18H21NO2S/c1-11-12(2)17-15(13(3)16(11)19)10-18(4,21-17)22(20)14-8-6-5-7-9-14/h5-9H,10,19H2,1-4H3. The molecule has 1 aliphatic rings. The molecular weight excluding hydrogens is 294 g/mol. The molecular formula is C18H21NO2S. The van der Waals surface area contributed by atoms with Gasteiger partial charge in [-0.1, -0.05) is 18.2 Å². The normalized spacial score (nSPS) is 21.3. The van der Waals surface area contributed by atoms with Crippen LogP contribution in [0.15, 0.2) is 35.2 Å². The van der Waals surface area contributed by atoms with Gasteiger partial charge in [0, 0.05) is 22.6 Å². The summed E-state index contributed by atoms with van der Waals surface area (Å²) in [6.45, 7) is 7.95. The summed E-state index contributed by atoms with van der Waals surface area (Å²) in [7, 11) is -1.24. The Morgan fingerprint density at radius 3 is 2.36 bits per heavy atom. The molecule has 1 heterocycles. The molecule has 1 aliphatic heterocycles. The first kappa shape index (κ1) is 15.1. The Kier molecular flexibility index (Phi) is 3.52. The van der Waals surface area contributed by atoms with Crippen molar-refractivity contribution in [2.24, 2.45) is 0 Å². The monoisotopic (exact) mass is 315 g/mol. The van der Waals surface area contributed by atoms with E-state index in [4.69, 9.17) is 10.5 Å². The maximum absolute atomic E-state index is 13.0. The SMILES string of the molecule is Cc1c(C)c2c(c(C)c1N)CC(C)(S(=O)c1ccccc1)O2. The Labute approximate surface area is 134 Å². The minimum atomic E-state index is -1.24. The van der Waals surface area contributed by atoms with Crippen LogP contribution in [0.3, 0.4) is 0 Å². The fraction of sp³-hybridized carbons (Fsp3) is 0.333. The van der Waals surface area contributed by atoms with Crippen LogP contribution in [0.25, 0.3) is 0 Å². The van der Waals surface area contributed by atoms with Crippen molar-refractivity contribution in [3.8, 4) is 5.75 Å². The minimum absolute atomic E-state index is 0.612. The molecule has 0 spiro atoms. The van der Waals surface area contributed by atoms with Crippen molar-refractivity contribution >= 4 is 16.5 Å². The number of benzene rings is 2. The van der Waals surface area contributed by atoms with Gasteiger partial charge in [-0.05, 0) is 56.5 Å². The van der Waals surface area contributed by atoms with Crippen LogP contribution in [0.4, 0.5) is 5.69 Å². The second kappa shape index (κ2) is 5.13. The maximum Gasteiger partial charge on any atom is 0.188 e. The van der Waals surface area contributed by atoms with E-state index in [2.05, 4.69) is 0 Å². The largest absolute Gasteiger partial charge is 0.473 e. The van der Waals surface area contributed by atoms with E-state index in [0.717, 1.165) is 38.6 Å². The van der Waals surface area contributed by atoms with Gasteiger partial charge in [0.1, 0.15) is 5.75 Å². The Bertz CT molecular complexity index is 732. The summed E-state index contributed by atoms with van der Waals surface area (Å²) in [5.41, 5.74) is 11.2. The van der Waals surface area contributed by atoms with Crippen LogP contribution < -0.4 is 10.5 Å². The summed E-state index contributed by atoms with van der Waals surface area (Å²) >= 11 is 0. The van der Waals surface area contributed by atoms with Crippen molar-refractivity contribution in [1.82, 2.24) is 0 Å². The van der Waals surface area contributed by atoms with Crippen molar-refractivity contribution in [2.45, 2.75) is 43.9 Å². The van der Waals surface area contributed by atoms with Gasteiger partial charge in [0.25, 0.3) is 0 Å². The van der Waals surface area contributed by atoms with E-state index in [0.29, 0.717) is 6.42 Å². The average molecular weight is 315 g/mol. The number of nitrogen functional groups attached to an aromatic ring is 1. The van der Waals surface area contributed by atoms with E-state index >= 15 is 0 Å². The van der Waals surface area contributed by atoms with E-state index < -0.39 is 15.7 Å². The fourth-order valence-corrected chi connectivity index (χ4v) is 4.37. The molecule has 2 aromatic rings. The Balaban J connectivity index is 2.06. The first-order chi connectivity index (χ1) is 10.3. The maximum atomic E-state index is 13.0. The fourth-order valence-electron chi connectivity index (χ4n) is 3.03. The van der Waals surface area contributed by atoms with E-state index in [9.17, 15) is 4.21 Å². The zero-order valence-corrected chi connectivity index (χ0v) is 14.2. The van der Waals surface area contributed by atoms with Crippen LogP contribution >= 0.6 is 0 Å². The highest BCUT2D eigenvalue weighted by molar-refractivity contribution is 7.86. The summed E-state index contributed by atoms with van der Waals surface area (Å²) in [5.74, 6) is 0.857. The lowest BCUT2D eigenvalue weighted by Crippen LogP contribution is -2.35. The van der Waals surface area contributed by atoms with E-state index in [1.807, 2.05) is 58.0 Å². The third-order valence-corrected chi connectivity index (χ3v) is 6.32. The van der Waals surface area contributed by atoms with Crippen molar-refractivity contribution in [3.63, 3.8) is 0 Å². The number of fused-ring (bicyclic) bond motifs is 1. The summed E-state index contributed by atoms with van der Waals surface area (Å²) in [6, 6.07) is 9.49. The number of nitrogens with two attached hydrogens (primary N) is 1. The number of rotatable bonds is 2. The molecule has 0 radical (unpaired) electrons.